The molecule has 7 heteroatoms. The molecular weight excluding hydrogens is 368 g/mol. The van der Waals surface area contributed by atoms with Gasteiger partial charge in [-0.05, 0) is 48.8 Å². The van der Waals surface area contributed by atoms with Crippen LogP contribution >= 0.6 is 11.3 Å². The lowest BCUT2D eigenvalue weighted by Gasteiger charge is -2.17. The molecule has 1 aromatic carbocycles. The van der Waals surface area contributed by atoms with Crippen molar-refractivity contribution in [2.45, 2.75) is 31.2 Å². The van der Waals surface area contributed by atoms with Gasteiger partial charge < -0.3 is 5.32 Å². The van der Waals surface area contributed by atoms with E-state index in [-0.39, 0.29) is 17.2 Å². The minimum atomic E-state index is -3.48. The molecule has 5 nitrogen and oxygen atoms in total. The van der Waals surface area contributed by atoms with Crippen molar-refractivity contribution in [1.29, 1.82) is 0 Å². The Morgan fingerprint density at radius 3 is 2.77 bits per heavy atom. The number of amides is 1. The van der Waals surface area contributed by atoms with Crippen molar-refractivity contribution >= 4 is 27.3 Å². The molecule has 26 heavy (non-hydrogen) atoms. The van der Waals surface area contributed by atoms with E-state index < -0.39 is 10.0 Å². The van der Waals surface area contributed by atoms with Crippen LogP contribution in [0.15, 0.2) is 46.7 Å². The first-order chi connectivity index (χ1) is 12.4. The Kier molecular flexibility index (Phi) is 4.41. The zero-order chi connectivity index (χ0) is 18.4. The van der Waals surface area contributed by atoms with Crippen LogP contribution in [0.1, 0.15) is 23.3 Å². The summed E-state index contributed by atoms with van der Waals surface area (Å²) >= 11 is 1.62. The highest BCUT2D eigenvalue weighted by atomic mass is 32.2. The predicted molar refractivity (Wildman–Crippen MR) is 101 cm³/mol. The lowest BCUT2D eigenvalue weighted by Crippen LogP contribution is -2.31. The number of hydrogen-bond donors (Lipinski definition) is 1. The Morgan fingerprint density at radius 2 is 2.08 bits per heavy atom. The standard InChI is InChI=1S/C19H22N2O3S2/c1-14-4-6-16(7-5-14)26(23,24)21-9-8-19(13-21)11-17(19)18(22)20-12-15-3-2-10-25-15/h2-7,10,17H,8-9,11-13H2,1H3,(H,20,22)/t17-,19+/m1/s1. The van der Waals surface area contributed by atoms with E-state index in [0.29, 0.717) is 24.5 Å². The third-order valence-corrected chi connectivity index (χ3v) is 8.27. The molecule has 2 aromatic rings. The van der Waals surface area contributed by atoms with Gasteiger partial charge in [0.15, 0.2) is 0 Å². The zero-order valence-electron chi connectivity index (χ0n) is 14.6. The van der Waals surface area contributed by atoms with Crippen molar-refractivity contribution in [3.8, 4) is 0 Å². The van der Waals surface area contributed by atoms with Crippen molar-refractivity contribution < 1.29 is 13.2 Å². The summed E-state index contributed by atoms with van der Waals surface area (Å²) in [4.78, 5) is 13.9. The second kappa shape index (κ2) is 6.48. The van der Waals surface area contributed by atoms with Gasteiger partial charge in [-0.3, -0.25) is 4.79 Å². The zero-order valence-corrected chi connectivity index (χ0v) is 16.3. The van der Waals surface area contributed by atoms with E-state index in [1.165, 1.54) is 0 Å². The van der Waals surface area contributed by atoms with Crippen LogP contribution in [0.5, 0.6) is 0 Å². The number of rotatable bonds is 5. The summed E-state index contributed by atoms with van der Waals surface area (Å²) in [5.74, 6) is -0.0198. The summed E-state index contributed by atoms with van der Waals surface area (Å²) in [5, 5.41) is 4.98. The van der Waals surface area contributed by atoms with E-state index in [2.05, 4.69) is 5.32 Å². The summed E-state index contributed by atoms with van der Waals surface area (Å²) in [6, 6.07) is 10.9. The average Bonchev–Trinajstić information content (AvgIpc) is 2.97. The van der Waals surface area contributed by atoms with Crippen molar-refractivity contribution in [1.82, 2.24) is 9.62 Å². The molecule has 138 valence electrons. The maximum Gasteiger partial charge on any atom is 0.243 e. The summed E-state index contributed by atoms with van der Waals surface area (Å²) in [6.07, 6.45) is 1.54. The van der Waals surface area contributed by atoms with Crippen LogP contribution in [0.4, 0.5) is 0 Å². The Morgan fingerprint density at radius 1 is 1.31 bits per heavy atom. The molecule has 1 amide bonds. The fourth-order valence-electron chi connectivity index (χ4n) is 3.80. The molecule has 1 aliphatic heterocycles. The number of thiophene rings is 1. The topological polar surface area (TPSA) is 66.5 Å². The molecule has 0 unspecified atom stereocenters. The van der Waals surface area contributed by atoms with E-state index in [9.17, 15) is 13.2 Å². The highest BCUT2D eigenvalue weighted by Gasteiger charge is 2.62. The van der Waals surface area contributed by atoms with E-state index in [1.807, 2.05) is 36.6 Å². The highest BCUT2D eigenvalue weighted by molar-refractivity contribution is 7.89. The first kappa shape index (κ1) is 17.7. The molecule has 4 rings (SSSR count). The van der Waals surface area contributed by atoms with Crippen molar-refractivity contribution in [3.05, 3.63) is 52.2 Å². The third kappa shape index (κ3) is 3.19. The predicted octanol–water partition coefficient (Wildman–Crippen LogP) is 2.77. The SMILES string of the molecule is Cc1ccc(S(=O)(=O)N2CC[C@]3(C[C@@H]3C(=O)NCc3cccs3)C2)cc1. The van der Waals surface area contributed by atoms with E-state index in [1.54, 1.807) is 27.8 Å². The normalized spacial score (nSPS) is 25.5. The molecule has 2 atom stereocenters. The molecule has 2 heterocycles. The molecule has 1 spiro atoms. The van der Waals surface area contributed by atoms with Gasteiger partial charge in [0.1, 0.15) is 0 Å². The lowest BCUT2D eigenvalue weighted by atomic mass is 10.0. The number of carbonyl (C=O) groups is 1. The van der Waals surface area contributed by atoms with Gasteiger partial charge in [-0.1, -0.05) is 23.8 Å². The number of hydrogen-bond acceptors (Lipinski definition) is 4. The Balaban J connectivity index is 1.39. The van der Waals surface area contributed by atoms with Crippen LogP contribution in [-0.4, -0.2) is 31.7 Å². The summed E-state index contributed by atoms with van der Waals surface area (Å²) in [5.41, 5.74) is 0.864. The summed E-state index contributed by atoms with van der Waals surface area (Å²) in [7, 11) is -3.48. The monoisotopic (exact) mass is 390 g/mol. The van der Waals surface area contributed by atoms with Crippen molar-refractivity contribution in [3.63, 3.8) is 0 Å². The number of benzene rings is 1. The minimum Gasteiger partial charge on any atom is -0.351 e. The smallest absolute Gasteiger partial charge is 0.243 e. The summed E-state index contributed by atoms with van der Waals surface area (Å²) in [6.45, 7) is 3.42. The largest absolute Gasteiger partial charge is 0.351 e. The minimum absolute atomic E-state index is 0.0491. The van der Waals surface area contributed by atoms with Crippen LogP contribution < -0.4 is 5.32 Å². The Hall–Kier alpha value is -1.70. The molecular formula is C19H22N2O3S2. The van der Waals surface area contributed by atoms with Gasteiger partial charge in [0.2, 0.25) is 15.9 Å². The third-order valence-electron chi connectivity index (χ3n) is 5.53. The van der Waals surface area contributed by atoms with Crippen LogP contribution in [-0.2, 0) is 21.4 Å². The number of nitrogens with one attached hydrogen (secondary N) is 1. The van der Waals surface area contributed by atoms with Gasteiger partial charge in [-0.15, -0.1) is 11.3 Å². The first-order valence-corrected chi connectivity index (χ1v) is 11.1. The van der Waals surface area contributed by atoms with Crippen LogP contribution in [0.2, 0.25) is 0 Å². The van der Waals surface area contributed by atoms with Gasteiger partial charge in [0, 0.05) is 23.9 Å². The molecule has 1 N–H and O–H groups in total. The average molecular weight is 391 g/mol. The number of sulfonamides is 1. The van der Waals surface area contributed by atoms with E-state index in [0.717, 1.165) is 23.3 Å². The highest BCUT2D eigenvalue weighted by Crippen LogP contribution is 2.59. The number of nitrogens with zero attached hydrogens (tertiary/aromatic N) is 1. The van der Waals surface area contributed by atoms with E-state index >= 15 is 0 Å². The number of aryl methyl sites for hydroxylation is 1. The Labute approximate surface area is 158 Å². The summed E-state index contributed by atoms with van der Waals surface area (Å²) < 4.78 is 27.2. The van der Waals surface area contributed by atoms with Gasteiger partial charge in [0.05, 0.1) is 11.4 Å². The molecule has 2 fully saturated rings. The molecule has 1 saturated carbocycles. The Bertz CT molecular complexity index is 907. The fraction of sp³-hybridized carbons (Fsp3) is 0.421. The van der Waals surface area contributed by atoms with Gasteiger partial charge in [0.25, 0.3) is 0 Å². The van der Waals surface area contributed by atoms with Crippen LogP contribution in [0, 0.1) is 18.3 Å². The molecule has 0 bridgehead atoms. The molecule has 1 saturated heterocycles. The quantitative estimate of drug-likeness (QED) is 0.854. The van der Waals surface area contributed by atoms with Gasteiger partial charge in [-0.25, -0.2) is 8.42 Å². The first-order valence-electron chi connectivity index (χ1n) is 8.78. The second-order valence-corrected chi connectivity index (χ2v) is 10.3. The van der Waals surface area contributed by atoms with E-state index in [4.69, 9.17) is 0 Å². The van der Waals surface area contributed by atoms with Gasteiger partial charge in [-0.2, -0.15) is 4.31 Å². The van der Waals surface area contributed by atoms with Crippen LogP contribution in [0.25, 0.3) is 0 Å². The maximum absolute atomic E-state index is 12.8. The maximum atomic E-state index is 12.8. The molecule has 1 aromatic heterocycles. The molecule has 1 aliphatic carbocycles. The molecule has 0 radical (unpaired) electrons. The van der Waals surface area contributed by atoms with Crippen molar-refractivity contribution in [2.24, 2.45) is 11.3 Å². The number of carbonyl (C=O) groups excluding carboxylic acids is 1. The van der Waals surface area contributed by atoms with Gasteiger partial charge >= 0.3 is 0 Å². The fourth-order valence-corrected chi connectivity index (χ4v) is 5.98. The lowest BCUT2D eigenvalue weighted by molar-refractivity contribution is -0.123. The van der Waals surface area contributed by atoms with Crippen molar-refractivity contribution in [2.75, 3.05) is 13.1 Å². The molecule has 2 aliphatic rings. The second-order valence-electron chi connectivity index (χ2n) is 7.32. The van der Waals surface area contributed by atoms with Crippen LogP contribution in [0.3, 0.4) is 0 Å².